The van der Waals surface area contributed by atoms with E-state index in [0.29, 0.717) is 5.82 Å². The zero-order valence-corrected chi connectivity index (χ0v) is 12.6. The van der Waals surface area contributed by atoms with Gasteiger partial charge in [-0.05, 0) is 55.4 Å². The minimum absolute atomic E-state index is 0.0427. The maximum atomic E-state index is 12.3. The van der Waals surface area contributed by atoms with Crippen LogP contribution in [0.25, 0.3) is 0 Å². The zero-order chi connectivity index (χ0) is 14.1. The van der Waals surface area contributed by atoms with Crippen LogP contribution in [-0.4, -0.2) is 10.9 Å². The number of carbonyl (C=O) groups excluding carboxylic acids is 1. The normalized spacial score (nSPS) is 17.6. The quantitative estimate of drug-likeness (QED) is 0.911. The Morgan fingerprint density at radius 2 is 2.35 bits per heavy atom. The molecule has 0 bridgehead atoms. The Morgan fingerprint density at radius 1 is 1.50 bits per heavy atom. The first-order chi connectivity index (χ1) is 9.63. The second-order valence-corrected chi connectivity index (χ2v) is 6.67. The van der Waals surface area contributed by atoms with Crippen molar-refractivity contribution >= 4 is 23.1 Å². The summed E-state index contributed by atoms with van der Waals surface area (Å²) >= 11 is 1.63. The van der Waals surface area contributed by atoms with E-state index in [4.69, 9.17) is 0 Å². The fourth-order valence-electron chi connectivity index (χ4n) is 2.60. The molecule has 104 valence electrons. The minimum Gasteiger partial charge on any atom is -0.306 e. The van der Waals surface area contributed by atoms with Gasteiger partial charge in [-0.2, -0.15) is 0 Å². The molecule has 0 fully saturated rings. The number of aryl methyl sites for hydroxylation is 2. The van der Waals surface area contributed by atoms with Crippen molar-refractivity contribution in [3.8, 4) is 0 Å². The maximum absolute atomic E-state index is 12.3. The van der Waals surface area contributed by atoms with Crippen LogP contribution in [-0.2, 0) is 12.8 Å². The smallest absolute Gasteiger partial charge is 0.266 e. The van der Waals surface area contributed by atoms with Crippen molar-refractivity contribution in [3.05, 3.63) is 45.3 Å². The van der Waals surface area contributed by atoms with E-state index >= 15 is 0 Å². The molecular weight excluding hydrogens is 268 g/mol. The summed E-state index contributed by atoms with van der Waals surface area (Å²) in [5, 5.41) is 2.91. The van der Waals surface area contributed by atoms with Crippen LogP contribution < -0.4 is 5.32 Å². The summed E-state index contributed by atoms with van der Waals surface area (Å²) in [7, 11) is 0. The molecule has 0 aliphatic heterocycles. The first-order valence-corrected chi connectivity index (χ1v) is 7.79. The molecule has 0 unspecified atom stereocenters. The zero-order valence-electron chi connectivity index (χ0n) is 11.8. The van der Waals surface area contributed by atoms with Crippen LogP contribution in [0.3, 0.4) is 0 Å². The summed E-state index contributed by atoms with van der Waals surface area (Å²) in [6.45, 7) is 4.22. The molecule has 0 saturated heterocycles. The average Bonchev–Trinajstić information content (AvgIpc) is 2.84. The van der Waals surface area contributed by atoms with Crippen molar-refractivity contribution < 1.29 is 4.79 Å². The van der Waals surface area contributed by atoms with Gasteiger partial charge < -0.3 is 5.32 Å². The molecule has 2 heterocycles. The Labute approximate surface area is 123 Å². The van der Waals surface area contributed by atoms with E-state index in [2.05, 4.69) is 23.3 Å². The number of rotatable bonds is 2. The molecule has 20 heavy (non-hydrogen) atoms. The highest BCUT2D eigenvalue weighted by molar-refractivity contribution is 7.14. The van der Waals surface area contributed by atoms with Gasteiger partial charge in [-0.1, -0.05) is 13.0 Å². The fraction of sp³-hybridized carbons (Fsp3) is 0.375. The van der Waals surface area contributed by atoms with Gasteiger partial charge in [0, 0.05) is 11.1 Å². The molecule has 0 radical (unpaired) electrons. The van der Waals surface area contributed by atoms with Crippen LogP contribution in [0.2, 0.25) is 0 Å². The summed E-state index contributed by atoms with van der Waals surface area (Å²) < 4.78 is 0. The Morgan fingerprint density at radius 3 is 3.15 bits per heavy atom. The molecule has 3 rings (SSSR count). The van der Waals surface area contributed by atoms with Gasteiger partial charge in [0.1, 0.15) is 5.82 Å². The second kappa shape index (κ2) is 5.37. The third-order valence-corrected chi connectivity index (χ3v) is 5.03. The predicted molar refractivity (Wildman–Crippen MR) is 82.4 cm³/mol. The number of thiophene rings is 1. The van der Waals surface area contributed by atoms with Crippen molar-refractivity contribution in [2.75, 3.05) is 5.32 Å². The number of aromatic nitrogens is 1. The van der Waals surface area contributed by atoms with Gasteiger partial charge in [0.25, 0.3) is 5.91 Å². The highest BCUT2D eigenvalue weighted by atomic mass is 32.1. The highest BCUT2D eigenvalue weighted by Gasteiger charge is 2.21. The summed E-state index contributed by atoms with van der Waals surface area (Å²) in [6, 6.07) is 5.88. The first-order valence-electron chi connectivity index (χ1n) is 6.98. The van der Waals surface area contributed by atoms with E-state index in [1.807, 2.05) is 19.1 Å². The van der Waals surface area contributed by atoms with Gasteiger partial charge >= 0.3 is 0 Å². The van der Waals surface area contributed by atoms with Gasteiger partial charge in [0.2, 0.25) is 0 Å². The molecule has 2 aromatic heterocycles. The lowest BCUT2D eigenvalue weighted by Crippen LogP contribution is -2.12. The molecule has 0 aromatic carbocycles. The van der Waals surface area contributed by atoms with Gasteiger partial charge in [0.05, 0.1) is 4.88 Å². The van der Waals surface area contributed by atoms with E-state index in [-0.39, 0.29) is 5.91 Å². The van der Waals surface area contributed by atoms with Gasteiger partial charge in [-0.15, -0.1) is 11.3 Å². The van der Waals surface area contributed by atoms with Crippen molar-refractivity contribution in [2.45, 2.75) is 33.1 Å². The summed E-state index contributed by atoms with van der Waals surface area (Å²) in [5.41, 5.74) is 2.34. The molecule has 1 atom stereocenters. The van der Waals surface area contributed by atoms with Crippen LogP contribution in [0.1, 0.15) is 39.0 Å². The van der Waals surface area contributed by atoms with Crippen LogP contribution in [0.4, 0.5) is 5.82 Å². The van der Waals surface area contributed by atoms with E-state index in [1.165, 1.54) is 16.9 Å². The van der Waals surface area contributed by atoms with Gasteiger partial charge in [-0.25, -0.2) is 4.98 Å². The van der Waals surface area contributed by atoms with E-state index in [0.717, 1.165) is 29.2 Å². The van der Waals surface area contributed by atoms with Gasteiger partial charge in [-0.3, -0.25) is 4.79 Å². The largest absolute Gasteiger partial charge is 0.306 e. The molecule has 1 aliphatic carbocycles. The van der Waals surface area contributed by atoms with Crippen LogP contribution in [0.15, 0.2) is 24.4 Å². The molecule has 0 spiro atoms. The molecular formula is C16H18N2OS. The lowest BCUT2D eigenvalue weighted by Gasteiger charge is -2.16. The number of amides is 1. The summed E-state index contributed by atoms with van der Waals surface area (Å²) in [4.78, 5) is 18.7. The lowest BCUT2D eigenvalue weighted by molar-refractivity contribution is 0.103. The number of fused-ring (bicyclic) bond motifs is 1. The number of hydrogen-bond acceptors (Lipinski definition) is 3. The number of nitrogens with one attached hydrogen (secondary N) is 1. The minimum atomic E-state index is -0.0427. The average molecular weight is 286 g/mol. The molecule has 4 heteroatoms. The molecule has 0 saturated carbocycles. The number of anilines is 1. The third kappa shape index (κ3) is 2.61. The van der Waals surface area contributed by atoms with Crippen molar-refractivity contribution in [3.63, 3.8) is 0 Å². The van der Waals surface area contributed by atoms with E-state index in [9.17, 15) is 4.79 Å². The number of hydrogen-bond donors (Lipinski definition) is 1. The van der Waals surface area contributed by atoms with E-state index < -0.39 is 0 Å². The molecule has 2 aromatic rings. The maximum Gasteiger partial charge on any atom is 0.266 e. The Kier molecular flexibility index (Phi) is 3.57. The Hall–Kier alpha value is -1.68. The highest BCUT2D eigenvalue weighted by Crippen LogP contribution is 2.32. The predicted octanol–water partition coefficient (Wildman–Crippen LogP) is 3.83. The SMILES string of the molecule is Cc1cccnc1NC(=O)c1cc2c(s1)CC[C@H](C)C2. The Bertz CT molecular complexity index is 648. The number of pyridine rings is 1. The standard InChI is InChI=1S/C16H18N2OS/c1-10-5-6-13-12(8-10)9-14(20-13)16(19)18-15-11(2)4-3-7-17-15/h3-4,7,9-10H,5-6,8H2,1-2H3,(H,17,18,19)/t10-/m0/s1. The van der Waals surface area contributed by atoms with Crippen LogP contribution in [0, 0.1) is 12.8 Å². The third-order valence-electron chi connectivity index (χ3n) is 3.79. The monoisotopic (exact) mass is 286 g/mol. The van der Waals surface area contributed by atoms with Crippen molar-refractivity contribution in [1.82, 2.24) is 4.98 Å². The fourth-order valence-corrected chi connectivity index (χ4v) is 3.71. The van der Waals surface area contributed by atoms with E-state index in [1.54, 1.807) is 17.5 Å². The summed E-state index contributed by atoms with van der Waals surface area (Å²) in [5.74, 6) is 1.34. The molecule has 3 nitrogen and oxygen atoms in total. The summed E-state index contributed by atoms with van der Waals surface area (Å²) in [6.07, 6.45) is 5.14. The topological polar surface area (TPSA) is 42.0 Å². The van der Waals surface area contributed by atoms with Crippen molar-refractivity contribution in [1.29, 1.82) is 0 Å². The van der Waals surface area contributed by atoms with Crippen molar-refractivity contribution in [2.24, 2.45) is 5.92 Å². The lowest BCUT2D eigenvalue weighted by atomic mass is 9.90. The molecule has 1 aliphatic rings. The van der Waals surface area contributed by atoms with Gasteiger partial charge in [0.15, 0.2) is 0 Å². The first kappa shape index (κ1) is 13.3. The number of nitrogens with zero attached hydrogens (tertiary/aromatic N) is 1. The molecule has 1 N–H and O–H groups in total. The second-order valence-electron chi connectivity index (χ2n) is 5.53. The Balaban J connectivity index is 1.80. The molecule has 1 amide bonds. The van der Waals surface area contributed by atoms with Crippen LogP contribution in [0.5, 0.6) is 0 Å². The van der Waals surface area contributed by atoms with Crippen LogP contribution >= 0.6 is 11.3 Å². The number of carbonyl (C=O) groups is 1.